The molecule has 4 rings (SSSR count). The van der Waals surface area contributed by atoms with E-state index >= 15 is 0 Å². The van der Waals surface area contributed by atoms with Crippen molar-refractivity contribution in [2.45, 2.75) is 38.7 Å². The monoisotopic (exact) mass is 435 g/mol. The van der Waals surface area contributed by atoms with E-state index in [0.717, 1.165) is 18.9 Å². The fraction of sp³-hybridized carbons (Fsp3) is 0.316. The second-order valence-corrected chi connectivity index (χ2v) is 7.53. The van der Waals surface area contributed by atoms with E-state index in [0.29, 0.717) is 11.4 Å². The Hall–Kier alpha value is -3.14. The number of aromatic nitrogens is 3. The van der Waals surface area contributed by atoms with E-state index in [1.54, 1.807) is 6.92 Å². The minimum atomic E-state index is -2.69. The summed E-state index contributed by atoms with van der Waals surface area (Å²) in [7, 11) is 0. The second kappa shape index (κ2) is 7.60. The fourth-order valence-corrected chi connectivity index (χ4v) is 3.49. The molecule has 1 amide bonds. The molecule has 1 saturated carbocycles. The number of nitro benzene ring substituents is 1. The molecular weight excluding hydrogens is 420 g/mol. The number of non-ortho nitro benzene ring substituents is 1. The summed E-state index contributed by atoms with van der Waals surface area (Å²) in [5.41, 5.74) is 0.828. The van der Waals surface area contributed by atoms with Crippen molar-refractivity contribution in [3.05, 3.63) is 56.4 Å². The van der Waals surface area contributed by atoms with Crippen molar-refractivity contribution >= 4 is 39.9 Å². The van der Waals surface area contributed by atoms with Crippen molar-refractivity contribution < 1.29 is 18.5 Å². The number of aryl methyl sites for hydroxylation is 1. The number of amides is 1. The number of hydrogen-bond donors (Lipinski definition) is 1. The van der Waals surface area contributed by atoms with Gasteiger partial charge in [-0.2, -0.15) is 5.10 Å². The number of alkyl halides is 2. The molecule has 3 aromatic rings. The molecule has 0 bridgehead atoms. The molecule has 1 aromatic carbocycles. The highest BCUT2D eigenvalue weighted by molar-refractivity contribution is 6.33. The third kappa shape index (κ3) is 3.82. The van der Waals surface area contributed by atoms with Crippen LogP contribution < -0.4 is 5.32 Å². The van der Waals surface area contributed by atoms with Gasteiger partial charge in [0.15, 0.2) is 5.65 Å². The van der Waals surface area contributed by atoms with Crippen molar-refractivity contribution in [2.75, 3.05) is 5.32 Å². The molecule has 0 atom stereocenters. The first-order valence-electron chi connectivity index (χ1n) is 9.14. The van der Waals surface area contributed by atoms with E-state index in [2.05, 4.69) is 15.4 Å². The van der Waals surface area contributed by atoms with Crippen LogP contribution >= 0.6 is 11.6 Å². The Morgan fingerprint density at radius 2 is 2.13 bits per heavy atom. The average Bonchev–Trinajstić information content (AvgIpc) is 3.48. The number of halogens is 3. The summed E-state index contributed by atoms with van der Waals surface area (Å²) in [5, 5.41) is 18.0. The minimum absolute atomic E-state index is 0.0731. The number of nitro groups is 1. The summed E-state index contributed by atoms with van der Waals surface area (Å²) >= 11 is 6.01. The largest absolute Gasteiger partial charge is 0.323 e. The van der Waals surface area contributed by atoms with E-state index in [1.165, 1.54) is 22.9 Å². The van der Waals surface area contributed by atoms with Gasteiger partial charge in [-0.05, 0) is 31.9 Å². The van der Waals surface area contributed by atoms with Gasteiger partial charge in [-0.25, -0.2) is 18.4 Å². The zero-order chi connectivity index (χ0) is 21.6. The first-order valence-corrected chi connectivity index (χ1v) is 9.52. The minimum Gasteiger partial charge on any atom is -0.323 e. The Kier molecular flexibility index (Phi) is 5.10. The lowest BCUT2D eigenvalue weighted by Crippen LogP contribution is -2.20. The van der Waals surface area contributed by atoms with E-state index in [4.69, 9.17) is 11.6 Å². The van der Waals surface area contributed by atoms with Crippen molar-refractivity contribution in [1.82, 2.24) is 14.8 Å². The Labute approximate surface area is 174 Å². The quantitative estimate of drug-likeness (QED) is 0.444. The summed E-state index contributed by atoms with van der Waals surface area (Å²) in [6.45, 7) is 1.27. The molecule has 156 valence electrons. The molecule has 0 spiro atoms. The van der Waals surface area contributed by atoms with Crippen LogP contribution in [0.2, 0.25) is 5.02 Å². The number of benzene rings is 1. The van der Waals surface area contributed by atoms with Crippen LogP contribution in [-0.2, 0) is 11.3 Å². The highest BCUT2D eigenvalue weighted by atomic mass is 35.5. The number of carbonyl (C=O) groups excluding carboxylic acids is 1. The predicted octanol–water partition coefficient (Wildman–Crippen LogP) is 4.76. The molecule has 1 fully saturated rings. The molecule has 11 heteroatoms. The molecule has 0 unspecified atom stereocenters. The van der Waals surface area contributed by atoms with Gasteiger partial charge in [-0.15, -0.1) is 0 Å². The Bertz CT molecular complexity index is 1180. The molecule has 0 saturated heterocycles. The van der Waals surface area contributed by atoms with E-state index < -0.39 is 17.3 Å². The van der Waals surface area contributed by atoms with Gasteiger partial charge >= 0.3 is 0 Å². The van der Waals surface area contributed by atoms with Gasteiger partial charge in [0.1, 0.15) is 6.54 Å². The van der Waals surface area contributed by atoms with E-state index in [9.17, 15) is 23.7 Å². The number of hydrogen-bond acceptors (Lipinski definition) is 5. The van der Waals surface area contributed by atoms with E-state index in [-0.39, 0.29) is 45.5 Å². The number of anilines is 1. The van der Waals surface area contributed by atoms with Gasteiger partial charge in [0.2, 0.25) is 5.91 Å². The summed E-state index contributed by atoms with van der Waals surface area (Å²) in [4.78, 5) is 27.4. The molecular formula is C19H16ClF2N5O3. The summed E-state index contributed by atoms with van der Waals surface area (Å²) in [6.07, 6.45) is -0.915. The van der Waals surface area contributed by atoms with Gasteiger partial charge < -0.3 is 5.32 Å². The third-order valence-electron chi connectivity index (χ3n) is 4.89. The molecule has 2 heterocycles. The number of carbonyl (C=O) groups is 1. The number of pyridine rings is 1. The lowest BCUT2D eigenvalue weighted by Gasteiger charge is -2.09. The molecule has 1 aliphatic carbocycles. The van der Waals surface area contributed by atoms with Gasteiger partial charge in [0.05, 0.1) is 26.7 Å². The van der Waals surface area contributed by atoms with Crippen molar-refractivity contribution in [1.29, 1.82) is 0 Å². The first-order chi connectivity index (χ1) is 14.2. The van der Waals surface area contributed by atoms with Crippen LogP contribution in [0.15, 0.2) is 24.3 Å². The van der Waals surface area contributed by atoms with E-state index in [1.807, 2.05) is 0 Å². The lowest BCUT2D eigenvalue weighted by molar-refractivity contribution is -0.384. The molecule has 30 heavy (non-hydrogen) atoms. The number of rotatable bonds is 6. The molecule has 1 aliphatic rings. The Morgan fingerprint density at radius 3 is 2.77 bits per heavy atom. The van der Waals surface area contributed by atoms with Crippen molar-refractivity contribution in [3.63, 3.8) is 0 Å². The highest BCUT2D eigenvalue weighted by Crippen LogP contribution is 2.42. The van der Waals surface area contributed by atoms with Crippen LogP contribution in [0.4, 0.5) is 20.2 Å². The standard InChI is InChI=1S/C19H16ClF2N5O3/c1-9-17-12(18(21)22)7-14(10-2-3-10)24-19(17)26(25-9)8-16(28)23-15-6-11(27(29)30)4-5-13(15)20/h4-7,10,18H,2-3,8H2,1H3,(H,23,28). The van der Waals surface area contributed by atoms with Gasteiger partial charge in [-0.3, -0.25) is 14.9 Å². The summed E-state index contributed by atoms with van der Waals surface area (Å²) < 4.78 is 28.5. The third-order valence-corrected chi connectivity index (χ3v) is 5.22. The van der Waals surface area contributed by atoms with Gasteiger partial charge in [0, 0.05) is 29.3 Å². The van der Waals surface area contributed by atoms with Crippen LogP contribution in [0, 0.1) is 17.0 Å². The molecule has 0 radical (unpaired) electrons. The molecule has 1 N–H and O–H groups in total. The van der Waals surface area contributed by atoms with Crippen LogP contribution in [0.3, 0.4) is 0 Å². The topological polar surface area (TPSA) is 103 Å². The summed E-state index contributed by atoms with van der Waals surface area (Å²) in [6, 6.07) is 5.09. The van der Waals surface area contributed by atoms with Gasteiger partial charge in [-0.1, -0.05) is 11.6 Å². The molecule has 2 aromatic heterocycles. The Morgan fingerprint density at radius 1 is 1.40 bits per heavy atom. The maximum atomic E-state index is 13.6. The number of nitrogens with zero attached hydrogens (tertiary/aromatic N) is 4. The highest BCUT2D eigenvalue weighted by Gasteiger charge is 2.29. The number of nitrogens with one attached hydrogen (secondary N) is 1. The smallest absolute Gasteiger partial charge is 0.271 e. The maximum Gasteiger partial charge on any atom is 0.271 e. The van der Waals surface area contributed by atoms with Crippen LogP contribution in [0.25, 0.3) is 11.0 Å². The SMILES string of the molecule is Cc1nn(CC(=O)Nc2cc([N+](=O)[O-])ccc2Cl)c2nc(C3CC3)cc(C(F)F)c12. The average molecular weight is 436 g/mol. The normalized spacial score (nSPS) is 13.8. The molecule has 0 aliphatic heterocycles. The zero-order valence-corrected chi connectivity index (χ0v) is 16.5. The Balaban J connectivity index is 1.66. The zero-order valence-electron chi connectivity index (χ0n) is 15.7. The maximum absolute atomic E-state index is 13.6. The number of fused-ring (bicyclic) bond motifs is 1. The first kappa shape index (κ1) is 20.1. The predicted molar refractivity (Wildman–Crippen MR) is 106 cm³/mol. The van der Waals surface area contributed by atoms with Crippen LogP contribution in [-0.4, -0.2) is 25.6 Å². The summed E-state index contributed by atoms with van der Waals surface area (Å²) in [5.74, 6) is -0.424. The van der Waals surface area contributed by atoms with Gasteiger partial charge in [0.25, 0.3) is 12.1 Å². The van der Waals surface area contributed by atoms with Crippen molar-refractivity contribution in [2.24, 2.45) is 0 Å². The second-order valence-electron chi connectivity index (χ2n) is 7.12. The van der Waals surface area contributed by atoms with Crippen molar-refractivity contribution in [3.8, 4) is 0 Å². The lowest BCUT2D eigenvalue weighted by atomic mass is 10.1. The van der Waals surface area contributed by atoms with Crippen LogP contribution in [0.1, 0.15) is 42.1 Å². The fourth-order valence-electron chi connectivity index (χ4n) is 3.33. The molecule has 8 nitrogen and oxygen atoms in total. The van der Waals surface area contributed by atoms with Crippen LogP contribution in [0.5, 0.6) is 0 Å².